The molecule has 34 heavy (non-hydrogen) atoms. The van der Waals surface area contributed by atoms with Crippen molar-refractivity contribution in [2.45, 2.75) is 46.1 Å². The number of hydrogen-bond acceptors (Lipinski definition) is 4. The Hall–Kier alpha value is -3.35. The maximum atomic E-state index is 12.5. The van der Waals surface area contributed by atoms with Gasteiger partial charge in [-0.05, 0) is 47.9 Å². The minimum atomic E-state index is -0.954. The first kappa shape index (κ1) is 25.3. The molecule has 1 aliphatic rings. The van der Waals surface area contributed by atoms with Crippen molar-refractivity contribution < 1.29 is 24.2 Å². The first-order valence-electron chi connectivity index (χ1n) is 11.8. The minimum Gasteiger partial charge on any atom is -0.481 e. The summed E-state index contributed by atoms with van der Waals surface area (Å²) in [5, 5.41) is 14.7. The van der Waals surface area contributed by atoms with Crippen molar-refractivity contribution in [3.63, 3.8) is 0 Å². The molecule has 0 spiro atoms. The number of carbonyl (C=O) groups is 3. The summed E-state index contributed by atoms with van der Waals surface area (Å²) in [7, 11) is 0. The summed E-state index contributed by atoms with van der Waals surface area (Å²) in [5.74, 6) is -1.83. The minimum absolute atomic E-state index is 0.0115. The SMILES string of the molecule is CC(C)C(CNC(=O)OCC1c2ccccc2-c2ccccc21)CC(=O)NC(C)C(C)C(=O)O. The van der Waals surface area contributed by atoms with Gasteiger partial charge in [0.25, 0.3) is 0 Å². The molecule has 7 nitrogen and oxygen atoms in total. The Morgan fingerprint density at radius 2 is 1.50 bits per heavy atom. The van der Waals surface area contributed by atoms with Gasteiger partial charge in [0.05, 0.1) is 5.92 Å². The fourth-order valence-electron chi connectivity index (χ4n) is 4.30. The van der Waals surface area contributed by atoms with Gasteiger partial charge in [0.15, 0.2) is 0 Å². The Kier molecular flexibility index (Phi) is 8.31. The number of alkyl carbamates (subject to hydrolysis) is 1. The first-order chi connectivity index (χ1) is 16.2. The van der Waals surface area contributed by atoms with E-state index in [1.807, 2.05) is 38.1 Å². The van der Waals surface area contributed by atoms with Crippen LogP contribution < -0.4 is 10.6 Å². The van der Waals surface area contributed by atoms with Crippen molar-refractivity contribution in [2.75, 3.05) is 13.2 Å². The van der Waals surface area contributed by atoms with Gasteiger partial charge < -0.3 is 20.5 Å². The van der Waals surface area contributed by atoms with Crippen molar-refractivity contribution in [3.8, 4) is 11.1 Å². The van der Waals surface area contributed by atoms with E-state index in [1.165, 1.54) is 11.1 Å². The fraction of sp³-hybridized carbons (Fsp3) is 0.444. The number of hydrogen-bond donors (Lipinski definition) is 3. The highest BCUT2D eigenvalue weighted by molar-refractivity contribution is 5.79. The average Bonchev–Trinajstić information content (AvgIpc) is 3.13. The highest BCUT2D eigenvalue weighted by Gasteiger charge is 2.29. The third-order valence-electron chi connectivity index (χ3n) is 6.77. The molecular formula is C27H34N2O5. The predicted molar refractivity (Wildman–Crippen MR) is 130 cm³/mol. The van der Waals surface area contributed by atoms with Gasteiger partial charge in [0.1, 0.15) is 6.61 Å². The lowest BCUT2D eigenvalue weighted by atomic mass is 9.91. The van der Waals surface area contributed by atoms with Crippen molar-refractivity contribution in [2.24, 2.45) is 17.8 Å². The van der Waals surface area contributed by atoms with Gasteiger partial charge in [0, 0.05) is 24.9 Å². The molecule has 2 aromatic carbocycles. The van der Waals surface area contributed by atoms with Crippen molar-refractivity contribution >= 4 is 18.0 Å². The normalized spacial score (nSPS) is 15.1. The maximum Gasteiger partial charge on any atom is 0.407 e. The van der Waals surface area contributed by atoms with E-state index in [4.69, 9.17) is 9.84 Å². The van der Waals surface area contributed by atoms with Crippen LogP contribution in [0.1, 0.15) is 51.2 Å². The third kappa shape index (κ3) is 5.95. The van der Waals surface area contributed by atoms with E-state index in [0.717, 1.165) is 11.1 Å². The number of carbonyl (C=O) groups excluding carboxylic acids is 2. The van der Waals surface area contributed by atoms with Crippen LogP contribution >= 0.6 is 0 Å². The topological polar surface area (TPSA) is 105 Å². The Labute approximate surface area is 200 Å². The number of carboxylic acids is 1. The number of nitrogens with one attached hydrogen (secondary N) is 2. The second-order valence-electron chi connectivity index (χ2n) is 9.40. The summed E-state index contributed by atoms with van der Waals surface area (Å²) in [6, 6.07) is 15.8. The summed E-state index contributed by atoms with van der Waals surface area (Å²) >= 11 is 0. The number of fused-ring (bicyclic) bond motifs is 3. The predicted octanol–water partition coefficient (Wildman–Crippen LogP) is 4.41. The van der Waals surface area contributed by atoms with E-state index in [0.29, 0.717) is 6.54 Å². The zero-order chi connectivity index (χ0) is 24.8. The molecule has 7 heteroatoms. The lowest BCUT2D eigenvalue weighted by Gasteiger charge is -2.23. The monoisotopic (exact) mass is 466 g/mol. The fourth-order valence-corrected chi connectivity index (χ4v) is 4.30. The van der Waals surface area contributed by atoms with Gasteiger partial charge in [-0.3, -0.25) is 9.59 Å². The second-order valence-corrected chi connectivity index (χ2v) is 9.40. The Balaban J connectivity index is 1.52. The Bertz CT molecular complexity index is 990. The number of amides is 2. The van der Waals surface area contributed by atoms with Crippen LogP contribution in [0.25, 0.3) is 11.1 Å². The zero-order valence-electron chi connectivity index (χ0n) is 20.2. The van der Waals surface area contributed by atoms with Gasteiger partial charge in [-0.2, -0.15) is 0 Å². The van der Waals surface area contributed by atoms with Gasteiger partial charge in [0.2, 0.25) is 5.91 Å². The summed E-state index contributed by atoms with van der Waals surface area (Å²) in [6.45, 7) is 7.74. The smallest absolute Gasteiger partial charge is 0.407 e. The molecule has 3 N–H and O–H groups in total. The Morgan fingerprint density at radius 1 is 0.941 bits per heavy atom. The molecule has 1 aliphatic carbocycles. The standard InChI is InChI=1S/C27H34N2O5/c1-16(2)19(13-25(30)29-18(4)17(3)26(31)32)14-28-27(33)34-15-24-22-11-7-5-9-20(22)21-10-6-8-12-23(21)24/h5-12,16-19,24H,13-15H2,1-4H3,(H,28,33)(H,29,30)(H,31,32). The third-order valence-corrected chi connectivity index (χ3v) is 6.77. The summed E-state index contributed by atoms with van der Waals surface area (Å²) in [6.07, 6.45) is -0.321. The molecule has 0 aromatic heterocycles. The van der Waals surface area contributed by atoms with E-state index in [1.54, 1.807) is 13.8 Å². The van der Waals surface area contributed by atoms with Crippen molar-refractivity contribution in [1.82, 2.24) is 10.6 Å². The van der Waals surface area contributed by atoms with Crippen LogP contribution in [0.15, 0.2) is 48.5 Å². The summed E-state index contributed by atoms with van der Waals surface area (Å²) < 4.78 is 5.58. The molecule has 0 saturated carbocycles. The van der Waals surface area contributed by atoms with Gasteiger partial charge in [-0.15, -0.1) is 0 Å². The van der Waals surface area contributed by atoms with E-state index >= 15 is 0 Å². The molecular weight excluding hydrogens is 432 g/mol. The molecule has 0 fully saturated rings. The van der Waals surface area contributed by atoms with Crippen molar-refractivity contribution in [1.29, 1.82) is 0 Å². The second kappa shape index (κ2) is 11.2. The highest BCUT2D eigenvalue weighted by Crippen LogP contribution is 2.44. The molecule has 3 rings (SSSR count). The molecule has 0 saturated heterocycles. The number of rotatable bonds is 10. The molecule has 2 aromatic rings. The summed E-state index contributed by atoms with van der Waals surface area (Å²) in [4.78, 5) is 36.0. The number of aliphatic carboxylic acids is 1. The quantitative estimate of drug-likeness (QED) is 0.481. The molecule has 182 valence electrons. The zero-order valence-corrected chi connectivity index (χ0v) is 20.2. The van der Waals surface area contributed by atoms with E-state index in [2.05, 4.69) is 34.9 Å². The van der Waals surface area contributed by atoms with Gasteiger partial charge in [-0.1, -0.05) is 62.4 Å². The highest BCUT2D eigenvalue weighted by atomic mass is 16.5. The molecule has 3 atom stereocenters. The number of ether oxygens (including phenoxy) is 1. The molecule has 3 unspecified atom stereocenters. The average molecular weight is 467 g/mol. The molecule has 0 heterocycles. The maximum absolute atomic E-state index is 12.5. The lowest BCUT2D eigenvalue weighted by molar-refractivity contribution is -0.142. The van der Waals surface area contributed by atoms with Crippen LogP contribution in [0, 0.1) is 17.8 Å². The molecule has 0 bridgehead atoms. The summed E-state index contributed by atoms with van der Waals surface area (Å²) in [5.41, 5.74) is 4.64. The van der Waals surface area contributed by atoms with E-state index in [9.17, 15) is 14.4 Å². The lowest BCUT2D eigenvalue weighted by Crippen LogP contribution is -2.42. The van der Waals surface area contributed by atoms with Crippen LogP contribution in [0.5, 0.6) is 0 Å². The molecule has 0 aliphatic heterocycles. The largest absolute Gasteiger partial charge is 0.481 e. The molecule has 2 amide bonds. The van der Waals surface area contributed by atoms with Crippen LogP contribution in [0.2, 0.25) is 0 Å². The number of carboxylic acid groups (broad SMARTS) is 1. The van der Waals surface area contributed by atoms with Crippen LogP contribution in [0.3, 0.4) is 0 Å². The first-order valence-corrected chi connectivity index (χ1v) is 11.8. The Morgan fingerprint density at radius 3 is 2.03 bits per heavy atom. The van der Waals surface area contributed by atoms with Crippen LogP contribution in [-0.4, -0.2) is 42.3 Å². The number of benzene rings is 2. The van der Waals surface area contributed by atoms with E-state index in [-0.39, 0.29) is 36.7 Å². The van der Waals surface area contributed by atoms with E-state index < -0.39 is 24.0 Å². The van der Waals surface area contributed by atoms with Crippen molar-refractivity contribution in [3.05, 3.63) is 59.7 Å². The van der Waals surface area contributed by atoms with Gasteiger partial charge in [-0.25, -0.2) is 4.79 Å². The van der Waals surface area contributed by atoms with Crippen LogP contribution in [-0.2, 0) is 14.3 Å². The molecule has 0 radical (unpaired) electrons. The van der Waals surface area contributed by atoms with Gasteiger partial charge >= 0.3 is 12.1 Å². The van der Waals surface area contributed by atoms with Crippen LogP contribution in [0.4, 0.5) is 4.79 Å².